The van der Waals surface area contributed by atoms with Gasteiger partial charge in [0.1, 0.15) is 11.5 Å². The van der Waals surface area contributed by atoms with Crippen LogP contribution >= 0.6 is 11.8 Å². The van der Waals surface area contributed by atoms with E-state index in [9.17, 15) is 13.0 Å². The molecule has 1 aliphatic rings. The standard InChI is InChI=1S/C27H31F2N5O2S2/c1-17(2)37-25(23-13-14-30-27(32-23)31-19-8-7-15-34(4)16-19)18(3)36-24-12-11-22(33-38(35)26(28)29)20-9-5-6-10-21(20)24/h5-6,9-14,19,26,33H,1,7-8,15-16H2,2-4H3,(H,30,31,32)/b25-18+. The number of fused-ring (bicyclic) bond motifs is 1. The Hall–Kier alpha value is -3.02. The first kappa shape index (κ1) is 28.0. The molecule has 38 heavy (non-hydrogen) atoms. The predicted octanol–water partition coefficient (Wildman–Crippen LogP) is 6.47. The zero-order valence-electron chi connectivity index (χ0n) is 21.5. The zero-order chi connectivity index (χ0) is 27.2. The number of likely N-dealkylation sites (N-methyl/N-ethyl adjacent to an activating group) is 1. The molecular formula is C27H31F2N5O2S2. The van der Waals surface area contributed by atoms with Gasteiger partial charge in [-0.2, -0.15) is 8.78 Å². The van der Waals surface area contributed by atoms with Crippen molar-refractivity contribution in [2.45, 2.75) is 38.5 Å². The second kappa shape index (κ2) is 12.7. The molecule has 2 atom stereocenters. The van der Waals surface area contributed by atoms with Gasteiger partial charge in [0.25, 0.3) is 0 Å². The second-order valence-corrected chi connectivity index (χ2v) is 11.6. The summed E-state index contributed by atoms with van der Waals surface area (Å²) < 4.78 is 46.2. The van der Waals surface area contributed by atoms with E-state index in [2.05, 4.69) is 33.5 Å². The van der Waals surface area contributed by atoms with Gasteiger partial charge in [-0.3, -0.25) is 4.72 Å². The number of piperidine rings is 1. The molecule has 0 saturated carbocycles. The van der Waals surface area contributed by atoms with Gasteiger partial charge in [-0.15, -0.1) is 0 Å². The van der Waals surface area contributed by atoms with Crippen molar-refractivity contribution < 1.29 is 17.7 Å². The molecule has 0 radical (unpaired) electrons. The third-order valence-electron chi connectivity index (χ3n) is 5.96. The Labute approximate surface area is 228 Å². The van der Waals surface area contributed by atoms with Gasteiger partial charge in [0.05, 0.1) is 16.3 Å². The van der Waals surface area contributed by atoms with E-state index in [0.29, 0.717) is 39.6 Å². The summed E-state index contributed by atoms with van der Waals surface area (Å²) in [6.45, 7) is 9.83. The van der Waals surface area contributed by atoms with E-state index < -0.39 is 16.7 Å². The smallest absolute Gasteiger partial charge is 0.330 e. The maximum absolute atomic E-state index is 12.9. The molecule has 0 amide bonds. The van der Waals surface area contributed by atoms with E-state index in [0.717, 1.165) is 35.7 Å². The van der Waals surface area contributed by atoms with Gasteiger partial charge in [0.15, 0.2) is 11.0 Å². The summed E-state index contributed by atoms with van der Waals surface area (Å²) in [5, 5.41) is 4.76. The van der Waals surface area contributed by atoms with E-state index >= 15 is 0 Å². The van der Waals surface area contributed by atoms with Gasteiger partial charge >= 0.3 is 5.76 Å². The fourth-order valence-corrected chi connectivity index (χ4v) is 5.55. The summed E-state index contributed by atoms with van der Waals surface area (Å²) in [4.78, 5) is 13.2. The predicted molar refractivity (Wildman–Crippen MR) is 154 cm³/mol. The number of allylic oxidation sites excluding steroid dienone is 2. The number of likely N-dealkylation sites (tertiary alicyclic amines) is 1. The maximum Gasteiger partial charge on any atom is 0.330 e. The third kappa shape index (κ3) is 7.09. The molecule has 1 fully saturated rings. The van der Waals surface area contributed by atoms with Crippen molar-refractivity contribution in [1.82, 2.24) is 14.9 Å². The quantitative estimate of drug-likeness (QED) is 0.276. The molecule has 1 aliphatic heterocycles. The molecule has 0 spiro atoms. The molecule has 7 nitrogen and oxygen atoms in total. The first-order valence-electron chi connectivity index (χ1n) is 12.2. The van der Waals surface area contributed by atoms with Crippen molar-refractivity contribution in [3.8, 4) is 5.75 Å². The number of ether oxygens (including phenoxy) is 1. The molecule has 4 rings (SSSR count). The van der Waals surface area contributed by atoms with Gasteiger partial charge < -0.3 is 15.0 Å². The van der Waals surface area contributed by atoms with Gasteiger partial charge in [-0.25, -0.2) is 14.2 Å². The Morgan fingerprint density at radius 3 is 2.68 bits per heavy atom. The first-order valence-corrected chi connectivity index (χ1v) is 14.2. The first-order chi connectivity index (χ1) is 18.2. The lowest BCUT2D eigenvalue weighted by molar-refractivity contribution is 0.244. The Morgan fingerprint density at radius 2 is 1.97 bits per heavy atom. The van der Waals surface area contributed by atoms with Crippen LogP contribution in [0.3, 0.4) is 0 Å². The number of hydrogen-bond acceptors (Lipinski definition) is 7. The van der Waals surface area contributed by atoms with Crippen molar-refractivity contribution in [1.29, 1.82) is 0 Å². The van der Waals surface area contributed by atoms with Crippen molar-refractivity contribution in [3.05, 3.63) is 71.6 Å². The molecule has 1 aromatic heterocycles. The lowest BCUT2D eigenvalue weighted by Gasteiger charge is -2.30. The van der Waals surface area contributed by atoms with Crippen LogP contribution in [0.1, 0.15) is 32.4 Å². The minimum atomic E-state index is -3.00. The van der Waals surface area contributed by atoms with Crippen LogP contribution in [-0.2, 0) is 11.0 Å². The fourth-order valence-electron chi connectivity index (χ4n) is 4.31. The van der Waals surface area contributed by atoms with E-state index in [1.807, 2.05) is 32.0 Å². The minimum Gasteiger partial charge on any atom is -0.460 e. The van der Waals surface area contributed by atoms with Gasteiger partial charge in [0.2, 0.25) is 5.95 Å². The topological polar surface area (TPSA) is 79.4 Å². The van der Waals surface area contributed by atoms with Crippen LogP contribution in [0.15, 0.2) is 65.9 Å². The number of anilines is 2. The second-order valence-electron chi connectivity index (χ2n) is 9.12. The molecule has 0 aliphatic carbocycles. The molecule has 3 aromatic rings. The number of thioether (sulfide) groups is 1. The molecule has 2 heterocycles. The summed E-state index contributed by atoms with van der Waals surface area (Å²) in [5.41, 5.74) is 1.04. The molecular weight excluding hydrogens is 528 g/mol. The van der Waals surface area contributed by atoms with Gasteiger partial charge in [-0.05, 0) is 63.4 Å². The number of aromatic nitrogens is 2. The average Bonchev–Trinajstić information content (AvgIpc) is 2.88. The highest BCUT2D eigenvalue weighted by Crippen LogP contribution is 2.38. The Bertz CT molecular complexity index is 1370. The molecule has 2 unspecified atom stereocenters. The van der Waals surface area contributed by atoms with E-state index in [1.54, 1.807) is 30.5 Å². The van der Waals surface area contributed by atoms with E-state index in [4.69, 9.17) is 9.72 Å². The van der Waals surface area contributed by atoms with Crippen molar-refractivity contribution >= 4 is 50.1 Å². The number of halogens is 2. The number of rotatable bonds is 10. The van der Waals surface area contributed by atoms with Crippen LogP contribution in [0.4, 0.5) is 20.4 Å². The number of nitrogens with zero attached hydrogens (tertiary/aromatic N) is 3. The average molecular weight is 560 g/mol. The summed E-state index contributed by atoms with van der Waals surface area (Å²) in [6, 6.07) is 12.6. The van der Waals surface area contributed by atoms with Crippen LogP contribution in [0.5, 0.6) is 5.75 Å². The van der Waals surface area contributed by atoms with Crippen LogP contribution in [0.25, 0.3) is 15.7 Å². The van der Waals surface area contributed by atoms with E-state index in [1.165, 1.54) is 11.8 Å². The molecule has 2 N–H and O–H groups in total. The Morgan fingerprint density at radius 1 is 1.21 bits per heavy atom. The minimum absolute atomic E-state index is 0.278. The zero-order valence-corrected chi connectivity index (χ0v) is 23.2. The van der Waals surface area contributed by atoms with Crippen LogP contribution in [-0.4, -0.2) is 51.0 Å². The summed E-state index contributed by atoms with van der Waals surface area (Å²) in [6.07, 6.45) is 3.91. The Balaban J connectivity index is 1.65. The maximum atomic E-state index is 12.9. The number of nitrogens with one attached hydrogen (secondary N) is 2. The van der Waals surface area contributed by atoms with E-state index in [-0.39, 0.29) is 6.04 Å². The molecule has 11 heteroatoms. The SMILES string of the molecule is C=C(C)S/C(=C(\C)Oc1ccc(NS(=O)C(F)F)c2ccccc12)c1ccnc(NC2CCCN(C)C2)n1. The fraction of sp³-hybridized carbons (Fsp3) is 0.333. The largest absolute Gasteiger partial charge is 0.460 e. The number of hydrogen-bond donors (Lipinski definition) is 2. The molecule has 0 bridgehead atoms. The van der Waals surface area contributed by atoms with Crippen LogP contribution < -0.4 is 14.8 Å². The molecule has 202 valence electrons. The van der Waals surface area contributed by atoms with Gasteiger partial charge in [0, 0.05) is 29.6 Å². The summed E-state index contributed by atoms with van der Waals surface area (Å²) in [7, 11) is -0.400. The lowest BCUT2D eigenvalue weighted by atomic mass is 10.1. The van der Waals surface area contributed by atoms with Crippen molar-refractivity contribution in [3.63, 3.8) is 0 Å². The number of benzene rings is 2. The highest BCUT2D eigenvalue weighted by Gasteiger charge is 2.20. The van der Waals surface area contributed by atoms with Crippen molar-refractivity contribution in [2.24, 2.45) is 0 Å². The summed E-state index contributed by atoms with van der Waals surface area (Å²) >= 11 is 1.45. The van der Waals surface area contributed by atoms with Gasteiger partial charge in [-0.1, -0.05) is 42.6 Å². The highest BCUT2D eigenvalue weighted by atomic mass is 32.2. The monoisotopic (exact) mass is 559 g/mol. The number of alkyl halides is 2. The van der Waals surface area contributed by atoms with Crippen LogP contribution in [0, 0.1) is 0 Å². The van der Waals surface area contributed by atoms with Crippen LogP contribution in [0.2, 0.25) is 0 Å². The molecule has 1 saturated heterocycles. The normalized spacial score (nSPS) is 17.7. The van der Waals surface area contributed by atoms with Crippen molar-refractivity contribution in [2.75, 3.05) is 30.2 Å². The molecule has 2 aromatic carbocycles. The lowest BCUT2D eigenvalue weighted by Crippen LogP contribution is -2.40. The third-order valence-corrected chi connectivity index (χ3v) is 7.76. The Kier molecular flexibility index (Phi) is 9.35. The highest BCUT2D eigenvalue weighted by molar-refractivity contribution is 8.11. The summed E-state index contributed by atoms with van der Waals surface area (Å²) in [5.74, 6) is -1.31.